The van der Waals surface area contributed by atoms with Gasteiger partial charge < -0.3 is 5.73 Å². The summed E-state index contributed by atoms with van der Waals surface area (Å²) in [5.41, 5.74) is 9.74. The molecule has 18 heavy (non-hydrogen) atoms. The first-order valence-electron chi connectivity index (χ1n) is 7.41. The molecule has 0 spiro atoms. The predicted molar refractivity (Wildman–Crippen MR) is 76.4 cm³/mol. The molecule has 98 valence electrons. The van der Waals surface area contributed by atoms with Crippen molar-refractivity contribution in [2.75, 3.05) is 18.8 Å². The van der Waals surface area contributed by atoms with Gasteiger partial charge in [0, 0.05) is 18.8 Å². The number of fused-ring (bicyclic) bond motifs is 1. The van der Waals surface area contributed by atoms with Gasteiger partial charge in [0.2, 0.25) is 0 Å². The Morgan fingerprint density at radius 1 is 1.17 bits per heavy atom. The molecule has 1 heterocycles. The Morgan fingerprint density at radius 2 is 2.00 bits per heavy atom. The van der Waals surface area contributed by atoms with Crippen LogP contribution in [0.15, 0.2) is 18.2 Å². The lowest BCUT2D eigenvalue weighted by Crippen LogP contribution is -2.32. The summed E-state index contributed by atoms with van der Waals surface area (Å²) in [6.07, 6.45) is 8.46. The number of hydrogen-bond donors (Lipinski definition) is 1. The lowest BCUT2D eigenvalue weighted by atomic mass is 9.98. The molecule has 0 unspecified atom stereocenters. The van der Waals surface area contributed by atoms with Crippen LogP contribution in [-0.2, 0) is 13.0 Å². The van der Waals surface area contributed by atoms with Crippen LogP contribution in [0.4, 0.5) is 5.69 Å². The number of nitrogen functional groups attached to an aromatic ring is 1. The van der Waals surface area contributed by atoms with Gasteiger partial charge in [0.15, 0.2) is 0 Å². The summed E-state index contributed by atoms with van der Waals surface area (Å²) >= 11 is 0. The molecule has 0 bridgehead atoms. The third-order valence-electron chi connectivity index (χ3n) is 4.65. The molecule has 1 fully saturated rings. The standard InChI is InChI=1S/C16H24N2/c17-16-6-5-14-8-10-18(12-15(14)11-16)9-7-13-3-1-2-4-13/h5-6,11,13H,1-4,7-10,12,17H2. The van der Waals surface area contributed by atoms with E-state index in [0.29, 0.717) is 0 Å². The van der Waals surface area contributed by atoms with Crippen molar-refractivity contribution >= 4 is 5.69 Å². The highest BCUT2D eigenvalue weighted by Gasteiger charge is 2.19. The zero-order valence-corrected chi connectivity index (χ0v) is 11.2. The molecular weight excluding hydrogens is 220 g/mol. The first kappa shape index (κ1) is 12.0. The number of nitrogens with two attached hydrogens (primary N) is 1. The van der Waals surface area contributed by atoms with Crippen LogP contribution in [0.1, 0.15) is 43.2 Å². The van der Waals surface area contributed by atoms with E-state index in [1.165, 1.54) is 62.7 Å². The van der Waals surface area contributed by atoms with Crippen LogP contribution in [0.2, 0.25) is 0 Å². The van der Waals surface area contributed by atoms with E-state index in [0.717, 1.165) is 18.2 Å². The van der Waals surface area contributed by atoms with Gasteiger partial charge in [-0.2, -0.15) is 0 Å². The largest absolute Gasteiger partial charge is 0.399 e. The van der Waals surface area contributed by atoms with Crippen LogP contribution in [-0.4, -0.2) is 18.0 Å². The van der Waals surface area contributed by atoms with Crippen LogP contribution in [0.25, 0.3) is 0 Å². The van der Waals surface area contributed by atoms with E-state index in [4.69, 9.17) is 5.73 Å². The quantitative estimate of drug-likeness (QED) is 0.827. The fourth-order valence-electron chi connectivity index (χ4n) is 3.49. The van der Waals surface area contributed by atoms with Crippen LogP contribution in [0.3, 0.4) is 0 Å². The highest BCUT2D eigenvalue weighted by Crippen LogP contribution is 2.28. The van der Waals surface area contributed by atoms with Gasteiger partial charge in [0.25, 0.3) is 0 Å². The fraction of sp³-hybridized carbons (Fsp3) is 0.625. The number of nitrogens with zero attached hydrogens (tertiary/aromatic N) is 1. The van der Waals surface area contributed by atoms with Crippen LogP contribution in [0.5, 0.6) is 0 Å². The number of hydrogen-bond acceptors (Lipinski definition) is 2. The third-order valence-corrected chi connectivity index (χ3v) is 4.65. The molecule has 1 saturated carbocycles. The second-order valence-corrected chi connectivity index (χ2v) is 5.99. The second-order valence-electron chi connectivity index (χ2n) is 5.99. The second kappa shape index (κ2) is 5.31. The number of anilines is 1. The monoisotopic (exact) mass is 244 g/mol. The summed E-state index contributed by atoms with van der Waals surface area (Å²) in [6.45, 7) is 3.61. The van der Waals surface area contributed by atoms with E-state index >= 15 is 0 Å². The fourth-order valence-corrected chi connectivity index (χ4v) is 3.49. The van der Waals surface area contributed by atoms with Gasteiger partial charge in [-0.25, -0.2) is 0 Å². The average molecular weight is 244 g/mol. The Bertz CT molecular complexity index is 408. The van der Waals surface area contributed by atoms with E-state index < -0.39 is 0 Å². The van der Waals surface area contributed by atoms with Crippen molar-refractivity contribution in [2.24, 2.45) is 5.92 Å². The first-order valence-corrected chi connectivity index (χ1v) is 7.41. The maximum absolute atomic E-state index is 5.88. The van der Waals surface area contributed by atoms with Crippen molar-refractivity contribution in [3.8, 4) is 0 Å². The molecule has 2 N–H and O–H groups in total. The van der Waals surface area contributed by atoms with Crippen LogP contribution in [0, 0.1) is 5.92 Å². The molecular formula is C16H24N2. The molecule has 2 aliphatic rings. The Balaban J connectivity index is 1.56. The van der Waals surface area contributed by atoms with E-state index in [2.05, 4.69) is 17.0 Å². The Labute approximate surface area is 110 Å². The van der Waals surface area contributed by atoms with Crippen molar-refractivity contribution in [1.29, 1.82) is 0 Å². The molecule has 1 aliphatic heterocycles. The maximum atomic E-state index is 5.88. The summed E-state index contributed by atoms with van der Waals surface area (Å²) in [4.78, 5) is 2.61. The van der Waals surface area contributed by atoms with Crippen molar-refractivity contribution in [2.45, 2.75) is 45.1 Å². The zero-order valence-electron chi connectivity index (χ0n) is 11.2. The minimum atomic E-state index is 0.909. The van der Waals surface area contributed by atoms with Crippen molar-refractivity contribution in [3.63, 3.8) is 0 Å². The molecule has 3 rings (SSSR count). The van der Waals surface area contributed by atoms with Gasteiger partial charge in [-0.15, -0.1) is 0 Å². The highest BCUT2D eigenvalue weighted by atomic mass is 15.1. The minimum Gasteiger partial charge on any atom is -0.399 e. The summed E-state index contributed by atoms with van der Waals surface area (Å²) < 4.78 is 0. The Morgan fingerprint density at radius 3 is 2.83 bits per heavy atom. The van der Waals surface area contributed by atoms with Gasteiger partial charge in [-0.05, 0) is 48.6 Å². The number of rotatable bonds is 3. The smallest absolute Gasteiger partial charge is 0.0317 e. The zero-order chi connectivity index (χ0) is 12.4. The van der Waals surface area contributed by atoms with Crippen molar-refractivity contribution in [1.82, 2.24) is 4.90 Å². The topological polar surface area (TPSA) is 29.3 Å². The molecule has 2 nitrogen and oxygen atoms in total. The van der Waals surface area contributed by atoms with Crippen LogP contribution >= 0.6 is 0 Å². The molecule has 1 aromatic carbocycles. The minimum absolute atomic E-state index is 0.909. The van der Waals surface area contributed by atoms with Crippen LogP contribution < -0.4 is 5.73 Å². The molecule has 0 saturated heterocycles. The number of benzene rings is 1. The highest BCUT2D eigenvalue weighted by molar-refractivity contribution is 5.45. The molecule has 0 aromatic heterocycles. The summed E-state index contributed by atoms with van der Waals surface area (Å²) in [5, 5.41) is 0. The van der Waals surface area contributed by atoms with Gasteiger partial charge in [-0.3, -0.25) is 4.90 Å². The van der Waals surface area contributed by atoms with Crippen molar-refractivity contribution in [3.05, 3.63) is 29.3 Å². The summed E-state index contributed by atoms with van der Waals surface area (Å²) in [6, 6.07) is 6.41. The summed E-state index contributed by atoms with van der Waals surface area (Å²) in [5.74, 6) is 1.01. The van der Waals surface area contributed by atoms with E-state index in [-0.39, 0.29) is 0 Å². The lowest BCUT2D eigenvalue weighted by Gasteiger charge is -2.29. The van der Waals surface area contributed by atoms with Gasteiger partial charge in [-0.1, -0.05) is 31.7 Å². The molecule has 2 heteroatoms. The average Bonchev–Trinajstić information content (AvgIpc) is 2.89. The molecule has 1 aliphatic carbocycles. The van der Waals surface area contributed by atoms with E-state index in [1.807, 2.05) is 6.07 Å². The Hall–Kier alpha value is -1.02. The Kier molecular flexibility index (Phi) is 3.55. The third kappa shape index (κ3) is 2.69. The van der Waals surface area contributed by atoms with Gasteiger partial charge >= 0.3 is 0 Å². The maximum Gasteiger partial charge on any atom is 0.0317 e. The normalized spacial score (nSPS) is 21.1. The molecule has 0 radical (unpaired) electrons. The predicted octanol–water partition coefficient (Wildman–Crippen LogP) is 3.21. The first-order chi connectivity index (χ1) is 8.81. The van der Waals surface area contributed by atoms with Gasteiger partial charge in [0.05, 0.1) is 0 Å². The summed E-state index contributed by atoms with van der Waals surface area (Å²) in [7, 11) is 0. The lowest BCUT2D eigenvalue weighted by molar-refractivity contribution is 0.234. The molecule has 0 atom stereocenters. The van der Waals surface area contributed by atoms with E-state index in [1.54, 1.807) is 0 Å². The molecule has 1 aromatic rings. The SMILES string of the molecule is Nc1ccc2c(c1)CN(CCC1CCCC1)CC2. The van der Waals surface area contributed by atoms with Gasteiger partial charge in [0.1, 0.15) is 0 Å². The molecule has 0 amide bonds. The van der Waals surface area contributed by atoms with Crippen molar-refractivity contribution < 1.29 is 0 Å². The van der Waals surface area contributed by atoms with E-state index in [9.17, 15) is 0 Å².